The Morgan fingerprint density at radius 1 is 1.20 bits per heavy atom. The molecule has 1 atom stereocenters. The molecule has 0 bridgehead atoms. The summed E-state index contributed by atoms with van der Waals surface area (Å²) in [6.45, 7) is 6.53. The maximum absolute atomic E-state index is 12.6. The molecule has 1 saturated heterocycles. The van der Waals surface area contributed by atoms with Gasteiger partial charge in [0.2, 0.25) is 27.0 Å². The molecule has 2 heterocycles. The first kappa shape index (κ1) is 22.3. The van der Waals surface area contributed by atoms with Crippen LogP contribution in [0.4, 0.5) is 10.8 Å². The van der Waals surface area contributed by atoms with E-state index in [0.29, 0.717) is 23.9 Å². The van der Waals surface area contributed by atoms with Crippen LogP contribution >= 0.6 is 11.3 Å². The van der Waals surface area contributed by atoms with E-state index in [9.17, 15) is 18.0 Å². The second-order valence-corrected chi connectivity index (χ2v) is 9.83. The predicted molar refractivity (Wildman–Crippen MR) is 115 cm³/mol. The van der Waals surface area contributed by atoms with Gasteiger partial charge in [0.1, 0.15) is 5.01 Å². The zero-order valence-corrected chi connectivity index (χ0v) is 18.8. The van der Waals surface area contributed by atoms with Crippen molar-refractivity contribution in [2.45, 2.75) is 38.5 Å². The Hall–Kier alpha value is -2.37. The summed E-state index contributed by atoms with van der Waals surface area (Å²) >= 11 is 1.31. The highest BCUT2D eigenvalue weighted by molar-refractivity contribution is 7.89. The number of benzene rings is 1. The summed E-state index contributed by atoms with van der Waals surface area (Å²) in [4.78, 5) is 26.7. The molecule has 9 nitrogen and oxygen atoms in total. The molecule has 3 rings (SSSR count). The SMILES string of the molecule is CCc1nnc(NC(=O)C2CC(=O)N(c3ccc(S(=O)(=O)N(CC)CC)cc3)C2)s1. The summed E-state index contributed by atoms with van der Waals surface area (Å²) in [7, 11) is -3.56. The van der Waals surface area contributed by atoms with Gasteiger partial charge in [0, 0.05) is 31.7 Å². The molecular formula is C19H25N5O4S2. The van der Waals surface area contributed by atoms with Crippen molar-refractivity contribution >= 4 is 44.0 Å². The van der Waals surface area contributed by atoms with E-state index in [-0.39, 0.29) is 29.7 Å². The predicted octanol–water partition coefficient (Wildman–Crippen LogP) is 2.12. The Kier molecular flexibility index (Phi) is 6.84. The zero-order chi connectivity index (χ0) is 21.9. The fourth-order valence-electron chi connectivity index (χ4n) is 3.30. The van der Waals surface area contributed by atoms with E-state index in [0.717, 1.165) is 11.4 Å². The number of anilines is 2. The van der Waals surface area contributed by atoms with Crippen LogP contribution < -0.4 is 10.2 Å². The lowest BCUT2D eigenvalue weighted by Gasteiger charge is -2.20. The van der Waals surface area contributed by atoms with Crippen LogP contribution in [0.15, 0.2) is 29.2 Å². The Morgan fingerprint density at radius 3 is 2.43 bits per heavy atom. The van der Waals surface area contributed by atoms with Crippen molar-refractivity contribution in [2.24, 2.45) is 5.92 Å². The number of amides is 2. The minimum Gasteiger partial charge on any atom is -0.312 e. The summed E-state index contributed by atoms with van der Waals surface area (Å²) in [6, 6.07) is 6.20. The average molecular weight is 452 g/mol. The van der Waals surface area contributed by atoms with Crippen LogP contribution in [0.1, 0.15) is 32.2 Å². The van der Waals surface area contributed by atoms with Gasteiger partial charge in [0.05, 0.1) is 10.8 Å². The molecular weight excluding hydrogens is 426 g/mol. The van der Waals surface area contributed by atoms with Crippen molar-refractivity contribution in [2.75, 3.05) is 29.9 Å². The number of hydrogen-bond acceptors (Lipinski definition) is 7. The van der Waals surface area contributed by atoms with E-state index >= 15 is 0 Å². The first-order valence-electron chi connectivity index (χ1n) is 9.83. The lowest BCUT2D eigenvalue weighted by molar-refractivity contribution is -0.122. The third-order valence-corrected chi connectivity index (χ3v) is 8.03. The molecule has 0 spiro atoms. The summed E-state index contributed by atoms with van der Waals surface area (Å²) < 4.78 is 26.6. The molecule has 1 fully saturated rings. The number of carbonyl (C=O) groups excluding carboxylic acids is 2. The fraction of sp³-hybridized carbons (Fsp3) is 0.474. The molecule has 1 aliphatic rings. The van der Waals surface area contributed by atoms with Crippen molar-refractivity contribution < 1.29 is 18.0 Å². The molecule has 162 valence electrons. The van der Waals surface area contributed by atoms with Crippen LogP contribution in [0, 0.1) is 5.92 Å². The van der Waals surface area contributed by atoms with Crippen molar-refractivity contribution in [3.05, 3.63) is 29.3 Å². The van der Waals surface area contributed by atoms with Crippen LogP contribution in [-0.4, -0.2) is 54.4 Å². The number of aryl methyl sites for hydroxylation is 1. The molecule has 1 aromatic heterocycles. The molecule has 0 radical (unpaired) electrons. The maximum atomic E-state index is 12.6. The Balaban J connectivity index is 1.69. The minimum absolute atomic E-state index is 0.0881. The Bertz CT molecular complexity index is 1020. The maximum Gasteiger partial charge on any atom is 0.243 e. The Morgan fingerprint density at radius 2 is 1.87 bits per heavy atom. The summed E-state index contributed by atoms with van der Waals surface area (Å²) in [5.41, 5.74) is 0.568. The molecule has 1 aliphatic heterocycles. The number of nitrogens with one attached hydrogen (secondary N) is 1. The molecule has 2 amide bonds. The van der Waals surface area contributed by atoms with Gasteiger partial charge < -0.3 is 10.2 Å². The smallest absolute Gasteiger partial charge is 0.243 e. The van der Waals surface area contributed by atoms with Gasteiger partial charge in [-0.1, -0.05) is 32.1 Å². The number of aromatic nitrogens is 2. The standard InChI is InChI=1S/C19H25N5O4S2/c1-4-16-21-22-19(29-16)20-18(26)13-11-17(25)24(12-13)14-7-9-15(10-8-14)30(27,28)23(5-2)6-3/h7-10,13H,4-6,11-12H2,1-3H3,(H,20,22,26). The number of carbonyl (C=O) groups is 2. The first-order chi connectivity index (χ1) is 14.3. The van der Waals surface area contributed by atoms with Crippen molar-refractivity contribution in [1.82, 2.24) is 14.5 Å². The molecule has 0 aliphatic carbocycles. The minimum atomic E-state index is -3.56. The molecule has 0 saturated carbocycles. The second kappa shape index (κ2) is 9.19. The highest BCUT2D eigenvalue weighted by Crippen LogP contribution is 2.28. The lowest BCUT2D eigenvalue weighted by Crippen LogP contribution is -2.31. The third-order valence-electron chi connectivity index (χ3n) is 4.99. The van der Waals surface area contributed by atoms with Crippen molar-refractivity contribution in [3.8, 4) is 0 Å². The summed E-state index contributed by atoms with van der Waals surface area (Å²) in [5, 5.41) is 11.9. The zero-order valence-electron chi connectivity index (χ0n) is 17.2. The van der Waals surface area contributed by atoms with E-state index in [1.165, 1.54) is 32.7 Å². The van der Waals surface area contributed by atoms with Gasteiger partial charge in [-0.15, -0.1) is 10.2 Å². The highest BCUT2D eigenvalue weighted by Gasteiger charge is 2.35. The van der Waals surface area contributed by atoms with E-state index in [4.69, 9.17) is 0 Å². The van der Waals surface area contributed by atoms with Crippen molar-refractivity contribution in [1.29, 1.82) is 0 Å². The van der Waals surface area contributed by atoms with Crippen molar-refractivity contribution in [3.63, 3.8) is 0 Å². The van der Waals surface area contributed by atoms with Gasteiger partial charge in [-0.2, -0.15) is 4.31 Å². The van der Waals surface area contributed by atoms with Gasteiger partial charge in [0.15, 0.2) is 0 Å². The van der Waals surface area contributed by atoms with E-state index in [2.05, 4.69) is 15.5 Å². The van der Waals surface area contributed by atoms with E-state index in [1.54, 1.807) is 26.0 Å². The first-order valence-corrected chi connectivity index (χ1v) is 12.1. The van der Waals surface area contributed by atoms with Gasteiger partial charge in [0.25, 0.3) is 0 Å². The van der Waals surface area contributed by atoms with Gasteiger partial charge in [-0.05, 0) is 30.7 Å². The largest absolute Gasteiger partial charge is 0.312 e. The Labute approximate surface area is 180 Å². The summed E-state index contributed by atoms with van der Waals surface area (Å²) in [5.74, 6) is -0.961. The molecule has 2 aromatic rings. The van der Waals surface area contributed by atoms with Gasteiger partial charge >= 0.3 is 0 Å². The number of nitrogens with zero attached hydrogens (tertiary/aromatic N) is 4. The lowest BCUT2D eigenvalue weighted by atomic mass is 10.1. The highest BCUT2D eigenvalue weighted by atomic mass is 32.2. The number of rotatable bonds is 8. The molecule has 11 heteroatoms. The van der Waals surface area contributed by atoms with Gasteiger partial charge in [-0.3, -0.25) is 9.59 Å². The normalized spacial score (nSPS) is 17.0. The fourth-order valence-corrected chi connectivity index (χ4v) is 5.44. The molecule has 30 heavy (non-hydrogen) atoms. The van der Waals surface area contributed by atoms with Crippen LogP contribution in [0.25, 0.3) is 0 Å². The molecule has 1 N–H and O–H groups in total. The number of hydrogen-bond donors (Lipinski definition) is 1. The monoisotopic (exact) mass is 451 g/mol. The van der Waals surface area contributed by atoms with Crippen LogP contribution in [0.2, 0.25) is 0 Å². The topological polar surface area (TPSA) is 113 Å². The van der Waals surface area contributed by atoms with E-state index in [1.807, 2.05) is 6.92 Å². The molecule has 1 unspecified atom stereocenters. The average Bonchev–Trinajstić information content (AvgIpc) is 3.35. The summed E-state index contributed by atoms with van der Waals surface area (Å²) in [6.07, 6.45) is 0.827. The third kappa shape index (κ3) is 4.52. The second-order valence-electron chi connectivity index (χ2n) is 6.83. The quantitative estimate of drug-likeness (QED) is 0.658. The number of sulfonamides is 1. The van der Waals surface area contributed by atoms with Crippen LogP contribution in [-0.2, 0) is 26.0 Å². The van der Waals surface area contributed by atoms with Crippen LogP contribution in [0.3, 0.4) is 0 Å². The van der Waals surface area contributed by atoms with Gasteiger partial charge in [-0.25, -0.2) is 8.42 Å². The van der Waals surface area contributed by atoms with E-state index < -0.39 is 15.9 Å². The van der Waals surface area contributed by atoms with Crippen LogP contribution in [0.5, 0.6) is 0 Å². The molecule has 1 aromatic carbocycles.